The lowest BCUT2D eigenvalue weighted by molar-refractivity contribution is 0.0602. The van der Waals surface area contributed by atoms with E-state index in [9.17, 15) is 13.2 Å². The van der Waals surface area contributed by atoms with E-state index in [1.165, 1.54) is 5.38 Å². The highest BCUT2D eigenvalue weighted by Crippen LogP contribution is 2.27. The number of thiophene rings is 1. The summed E-state index contributed by atoms with van der Waals surface area (Å²) in [4.78, 5) is 11.3. The molecule has 19 heavy (non-hydrogen) atoms. The van der Waals surface area contributed by atoms with E-state index in [0.717, 1.165) is 18.4 Å². The molecule has 0 aliphatic heterocycles. The van der Waals surface area contributed by atoms with Crippen molar-refractivity contribution < 1.29 is 28.2 Å². The van der Waals surface area contributed by atoms with Crippen LogP contribution >= 0.6 is 11.3 Å². The number of methoxy groups -OCH3 is 1. The number of hydrogen-bond acceptors (Lipinski definition) is 7. The molecule has 108 valence electrons. The molecule has 0 saturated heterocycles. The van der Waals surface area contributed by atoms with Crippen molar-refractivity contribution in [2.75, 3.05) is 20.3 Å². The molecule has 0 aliphatic rings. The molecule has 3 N–H and O–H groups in total. The van der Waals surface area contributed by atoms with Gasteiger partial charge in [-0.2, -0.15) is 0 Å². The Hall–Kier alpha value is -1.00. The summed E-state index contributed by atoms with van der Waals surface area (Å²) in [6.07, 6.45) is -1.20. The Kier molecular flexibility index (Phi) is 5.44. The molecule has 0 radical (unpaired) electrons. The monoisotopic (exact) mass is 309 g/mol. The van der Waals surface area contributed by atoms with Gasteiger partial charge in [0.2, 0.25) is 10.0 Å². The van der Waals surface area contributed by atoms with Crippen LogP contribution in [-0.4, -0.2) is 51.0 Å². The molecule has 1 atom stereocenters. The van der Waals surface area contributed by atoms with Gasteiger partial charge >= 0.3 is 5.97 Å². The summed E-state index contributed by atoms with van der Waals surface area (Å²) in [5.41, 5.74) is 0.413. The predicted molar refractivity (Wildman–Crippen MR) is 68.7 cm³/mol. The third kappa shape index (κ3) is 3.74. The molecule has 1 aromatic rings. The minimum Gasteiger partial charge on any atom is -0.465 e. The quantitative estimate of drug-likeness (QED) is 0.609. The SMILES string of the molecule is COC(=O)c1scc(C)c1S(=O)(=O)NCC(O)CO. The Labute approximate surface area is 114 Å². The van der Waals surface area contributed by atoms with Gasteiger partial charge in [-0.25, -0.2) is 17.9 Å². The van der Waals surface area contributed by atoms with Gasteiger partial charge in [-0.1, -0.05) is 0 Å². The second kappa shape index (κ2) is 6.44. The lowest BCUT2D eigenvalue weighted by Crippen LogP contribution is -2.34. The highest BCUT2D eigenvalue weighted by atomic mass is 32.2. The summed E-state index contributed by atoms with van der Waals surface area (Å²) in [6.45, 7) is 0.656. The van der Waals surface area contributed by atoms with E-state index >= 15 is 0 Å². The molecule has 0 amide bonds. The van der Waals surface area contributed by atoms with Crippen molar-refractivity contribution in [3.63, 3.8) is 0 Å². The number of carbonyl (C=O) groups excluding carboxylic acids is 1. The lowest BCUT2D eigenvalue weighted by Gasteiger charge is -2.10. The molecule has 1 heterocycles. The van der Waals surface area contributed by atoms with Crippen LogP contribution in [0.3, 0.4) is 0 Å². The molecule has 1 rings (SSSR count). The number of rotatable bonds is 6. The minimum absolute atomic E-state index is 0.0222. The van der Waals surface area contributed by atoms with Gasteiger partial charge in [0.1, 0.15) is 9.77 Å². The molecule has 0 aromatic carbocycles. The van der Waals surface area contributed by atoms with Crippen LogP contribution in [0.5, 0.6) is 0 Å². The fourth-order valence-electron chi connectivity index (χ4n) is 1.34. The van der Waals surface area contributed by atoms with Crippen molar-refractivity contribution in [3.8, 4) is 0 Å². The lowest BCUT2D eigenvalue weighted by atomic mass is 10.3. The Morgan fingerprint density at radius 2 is 2.21 bits per heavy atom. The normalized spacial score (nSPS) is 13.3. The second-order valence-corrected chi connectivity index (χ2v) is 6.34. The average molecular weight is 309 g/mol. The van der Waals surface area contributed by atoms with Crippen molar-refractivity contribution in [1.82, 2.24) is 4.72 Å². The second-order valence-electron chi connectivity index (χ2n) is 3.76. The largest absolute Gasteiger partial charge is 0.465 e. The van der Waals surface area contributed by atoms with Crippen LogP contribution in [0.4, 0.5) is 0 Å². The number of ether oxygens (including phenoxy) is 1. The predicted octanol–water partition coefficient (Wildman–Crippen LogP) is -0.525. The zero-order chi connectivity index (χ0) is 14.6. The Bertz CT molecular complexity index is 550. The van der Waals surface area contributed by atoms with Gasteiger partial charge in [0.05, 0.1) is 19.8 Å². The summed E-state index contributed by atoms with van der Waals surface area (Å²) >= 11 is 0.970. The van der Waals surface area contributed by atoms with E-state index in [1.54, 1.807) is 6.92 Å². The van der Waals surface area contributed by atoms with Gasteiger partial charge in [-0.05, 0) is 17.9 Å². The first kappa shape index (κ1) is 16.1. The van der Waals surface area contributed by atoms with E-state index in [0.29, 0.717) is 5.56 Å². The smallest absolute Gasteiger partial charge is 0.349 e. The van der Waals surface area contributed by atoms with E-state index in [-0.39, 0.29) is 16.3 Å². The Morgan fingerprint density at radius 3 is 2.74 bits per heavy atom. The Balaban J connectivity index is 3.07. The zero-order valence-corrected chi connectivity index (χ0v) is 12.0. The molecule has 0 bridgehead atoms. The van der Waals surface area contributed by atoms with Crippen LogP contribution in [0.25, 0.3) is 0 Å². The Morgan fingerprint density at radius 1 is 1.58 bits per heavy atom. The summed E-state index contributed by atoms with van der Waals surface area (Å²) in [5.74, 6) is -0.735. The van der Waals surface area contributed by atoms with Gasteiger partial charge in [-0.15, -0.1) is 11.3 Å². The van der Waals surface area contributed by atoms with Crippen molar-refractivity contribution >= 4 is 27.3 Å². The number of aliphatic hydroxyl groups excluding tert-OH is 2. The molecule has 7 nitrogen and oxygen atoms in total. The van der Waals surface area contributed by atoms with Gasteiger partial charge in [-0.3, -0.25) is 0 Å². The van der Waals surface area contributed by atoms with Gasteiger partial charge in [0, 0.05) is 6.54 Å². The first-order valence-electron chi connectivity index (χ1n) is 5.28. The molecule has 0 saturated carbocycles. The molecule has 0 aliphatic carbocycles. The molecular weight excluding hydrogens is 294 g/mol. The molecular formula is C10H15NO6S2. The van der Waals surface area contributed by atoms with Crippen LogP contribution in [-0.2, 0) is 14.8 Å². The number of aliphatic hydroxyl groups is 2. The van der Waals surface area contributed by atoms with Crippen molar-refractivity contribution in [1.29, 1.82) is 0 Å². The molecule has 0 spiro atoms. The van der Waals surface area contributed by atoms with Crippen molar-refractivity contribution in [2.45, 2.75) is 17.9 Å². The maximum Gasteiger partial charge on any atom is 0.349 e. The summed E-state index contributed by atoms with van der Waals surface area (Å²) in [6, 6.07) is 0. The van der Waals surface area contributed by atoms with Crippen LogP contribution < -0.4 is 4.72 Å². The number of carbonyl (C=O) groups is 1. The van der Waals surface area contributed by atoms with Crippen LogP contribution in [0.15, 0.2) is 10.3 Å². The minimum atomic E-state index is -3.95. The molecule has 1 aromatic heterocycles. The number of hydrogen-bond donors (Lipinski definition) is 3. The third-order valence-electron chi connectivity index (χ3n) is 2.28. The fourth-order valence-corrected chi connectivity index (χ4v) is 4.12. The molecule has 1 unspecified atom stereocenters. The van der Waals surface area contributed by atoms with Gasteiger partial charge in [0.15, 0.2) is 0 Å². The maximum absolute atomic E-state index is 12.1. The average Bonchev–Trinajstić information content (AvgIpc) is 2.77. The van der Waals surface area contributed by atoms with Crippen molar-refractivity contribution in [3.05, 3.63) is 15.8 Å². The van der Waals surface area contributed by atoms with E-state index in [2.05, 4.69) is 9.46 Å². The first-order chi connectivity index (χ1) is 8.83. The van der Waals surface area contributed by atoms with Crippen molar-refractivity contribution in [2.24, 2.45) is 0 Å². The number of nitrogens with one attached hydrogen (secondary N) is 1. The highest BCUT2D eigenvalue weighted by molar-refractivity contribution is 7.89. The van der Waals surface area contributed by atoms with Crippen LogP contribution in [0.2, 0.25) is 0 Å². The summed E-state index contributed by atoms with van der Waals surface area (Å²) in [5, 5.41) is 19.3. The molecule has 0 fully saturated rings. The van der Waals surface area contributed by atoms with E-state index in [4.69, 9.17) is 10.2 Å². The summed E-state index contributed by atoms with van der Waals surface area (Å²) < 4.78 is 30.8. The number of aryl methyl sites for hydroxylation is 1. The number of sulfonamides is 1. The van der Waals surface area contributed by atoms with Gasteiger partial charge in [0.25, 0.3) is 0 Å². The highest BCUT2D eigenvalue weighted by Gasteiger charge is 2.27. The van der Waals surface area contributed by atoms with Gasteiger partial charge < -0.3 is 14.9 Å². The summed E-state index contributed by atoms with van der Waals surface area (Å²) in [7, 11) is -2.79. The first-order valence-corrected chi connectivity index (χ1v) is 7.64. The standard InChI is InChI=1S/C10H15NO6S2/c1-6-5-18-8(10(14)17-2)9(6)19(15,16)11-3-7(13)4-12/h5,7,11-13H,3-4H2,1-2H3. The van der Waals surface area contributed by atoms with Crippen LogP contribution in [0.1, 0.15) is 15.2 Å². The van der Waals surface area contributed by atoms with E-state index in [1.807, 2.05) is 0 Å². The van der Waals surface area contributed by atoms with Crippen LogP contribution in [0, 0.1) is 6.92 Å². The maximum atomic E-state index is 12.1. The van der Waals surface area contributed by atoms with E-state index < -0.39 is 28.7 Å². The number of esters is 1. The molecule has 9 heteroatoms. The third-order valence-corrected chi connectivity index (χ3v) is 5.09. The fraction of sp³-hybridized carbons (Fsp3) is 0.500. The topological polar surface area (TPSA) is 113 Å². The zero-order valence-electron chi connectivity index (χ0n) is 10.4.